The van der Waals surface area contributed by atoms with Crippen molar-refractivity contribution in [2.45, 2.75) is 17.8 Å². The van der Waals surface area contributed by atoms with Gasteiger partial charge in [0.05, 0.1) is 35.5 Å². The summed E-state index contributed by atoms with van der Waals surface area (Å²) in [6.45, 7) is 1.42. The van der Waals surface area contributed by atoms with Crippen LogP contribution in [-0.4, -0.2) is 30.5 Å². The van der Waals surface area contributed by atoms with Crippen LogP contribution in [0.25, 0.3) is 11.1 Å². The highest BCUT2D eigenvalue weighted by atomic mass is 35.5. The number of methoxy groups -OCH3 is 1. The van der Waals surface area contributed by atoms with E-state index in [1.165, 1.54) is 20.1 Å². The highest BCUT2D eigenvalue weighted by Gasteiger charge is 2.83. The maximum Gasteiger partial charge on any atom is 0.239 e. The quantitative estimate of drug-likeness (QED) is 0.126. The number of benzene rings is 5. The van der Waals surface area contributed by atoms with E-state index >= 15 is 14.4 Å². The molecule has 1 aliphatic heterocycles. The molecule has 2 fully saturated rings. The van der Waals surface area contributed by atoms with E-state index in [9.17, 15) is 4.79 Å². The first kappa shape index (κ1) is 31.9. The standard InChI is InChI=1S/C42H29Cl2NO5/c1-24(46)27-13-22-33(50-2)32(23-27)45-38(47)36-37(39(45)48)42(29-16-20-31(44)21-17-29)35(26-11-7-4-8-12-26)34(25-9-5-3-6-10-25)41(36,40(42)49)28-14-18-30(43)19-15-28/h3-23,36-37H,1-2H3/t36-,37-,41-,42-/m0/s1. The number of ether oxygens (including phenoxy) is 1. The van der Waals surface area contributed by atoms with Gasteiger partial charge in [-0.15, -0.1) is 0 Å². The molecule has 50 heavy (non-hydrogen) atoms. The Morgan fingerprint density at radius 1 is 0.640 bits per heavy atom. The topological polar surface area (TPSA) is 80.8 Å². The van der Waals surface area contributed by atoms with Crippen LogP contribution in [0.15, 0.2) is 127 Å². The number of Topliss-reactive ketones (excluding diaryl/α,β-unsaturated/α-hetero) is 2. The molecule has 8 rings (SSSR count). The molecule has 1 saturated carbocycles. The smallest absolute Gasteiger partial charge is 0.239 e. The van der Waals surface area contributed by atoms with Crippen LogP contribution in [0, 0.1) is 11.8 Å². The Morgan fingerprint density at radius 3 is 1.48 bits per heavy atom. The minimum absolute atomic E-state index is 0.150. The lowest BCUT2D eigenvalue weighted by Crippen LogP contribution is -2.45. The summed E-state index contributed by atoms with van der Waals surface area (Å²) in [5.41, 5.74) is 1.13. The van der Waals surface area contributed by atoms with E-state index < -0.39 is 34.5 Å². The molecule has 0 radical (unpaired) electrons. The number of anilines is 1. The lowest BCUT2D eigenvalue weighted by molar-refractivity contribution is -0.130. The summed E-state index contributed by atoms with van der Waals surface area (Å²) in [6.07, 6.45) is 0. The Morgan fingerprint density at radius 2 is 1.08 bits per heavy atom. The molecule has 6 nitrogen and oxygen atoms in total. The van der Waals surface area contributed by atoms with Gasteiger partial charge in [-0.3, -0.25) is 19.2 Å². The van der Waals surface area contributed by atoms with Crippen molar-refractivity contribution < 1.29 is 23.9 Å². The lowest BCUT2D eigenvalue weighted by atomic mass is 9.59. The van der Waals surface area contributed by atoms with Gasteiger partial charge in [0.1, 0.15) is 5.75 Å². The van der Waals surface area contributed by atoms with Crippen molar-refractivity contribution in [3.05, 3.63) is 165 Å². The number of nitrogens with zero attached hydrogens (tertiary/aromatic N) is 1. The van der Waals surface area contributed by atoms with Gasteiger partial charge in [0.15, 0.2) is 11.6 Å². The fraction of sp³-hybridized carbons (Fsp3) is 0.143. The van der Waals surface area contributed by atoms with E-state index in [0.29, 0.717) is 37.9 Å². The minimum atomic E-state index is -1.62. The van der Waals surface area contributed by atoms with Gasteiger partial charge in [0, 0.05) is 15.6 Å². The van der Waals surface area contributed by atoms with Gasteiger partial charge in [-0.1, -0.05) is 108 Å². The first-order valence-electron chi connectivity index (χ1n) is 16.2. The number of imide groups is 1. The summed E-state index contributed by atoms with van der Waals surface area (Å²) >= 11 is 12.9. The van der Waals surface area contributed by atoms with Crippen molar-refractivity contribution >= 4 is 63.4 Å². The number of rotatable bonds is 7. The Kier molecular flexibility index (Phi) is 7.44. The summed E-state index contributed by atoms with van der Waals surface area (Å²) in [5.74, 6) is -3.69. The molecule has 0 aromatic heterocycles. The second kappa shape index (κ2) is 11.7. The number of hydrogen-bond donors (Lipinski definition) is 0. The number of hydrogen-bond acceptors (Lipinski definition) is 5. The third-order valence-corrected chi connectivity index (χ3v) is 11.0. The molecule has 8 heteroatoms. The van der Waals surface area contributed by atoms with Gasteiger partial charge in [0.25, 0.3) is 0 Å². The summed E-state index contributed by atoms with van der Waals surface area (Å²) in [5, 5.41) is 0.924. The molecule has 0 spiro atoms. The molecule has 246 valence electrons. The van der Waals surface area contributed by atoms with Crippen molar-refractivity contribution in [3.63, 3.8) is 0 Å². The Hall–Kier alpha value is -5.30. The van der Waals surface area contributed by atoms with Crippen LogP contribution in [-0.2, 0) is 25.2 Å². The maximum atomic E-state index is 16.1. The summed E-state index contributed by atoms with van der Waals surface area (Å²) in [6, 6.07) is 37.8. The lowest BCUT2D eigenvalue weighted by Gasteiger charge is -2.39. The molecule has 0 N–H and O–H groups in total. The van der Waals surface area contributed by atoms with Gasteiger partial charge in [-0.25, -0.2) is 4.90 Å². The number of fused-ring (bicyclic) bond motifs is 5. The van der Waals surface area contributed by atoms with Crippen LogP contribution in [0.4, 0.5) is 5.69 Å². The molecular weight excluding hydrogens is 669 g/mol. The van der Waals surface area contributed by atoms with Crippen LogP contribution in [0.2, 0.25) is 10.0 Å². The van der Waals surface area contributed by atoms with E-state index in [0.717, 1.165) is 16.0 Å². The van der Waals surface area contributed by atoms with Crippen molar-refractivity contribution in [3.8, 4) is 5.75 Å². The highest BCUT2D eigenvalue weighted by molar-refractivity contribution is 6.39. The van der Waals surface area contributed by atoms with Crippen LogP contribution < -0.4 is 9.64 Å². The SMILES string of the molecule is COc1ccc(C(C)=O)cc1N1C(=O)[C@@H]2[C@@H](C1=O)[C@@]1(c3ccc(Cl)cc3)C(=O)[C@@]2(c2ccc(Cl)cc2)C(c2ccccc2)=C1c1ccccc1. The van der Waals surface area contributed by atoms with Crippen molar-refractivity contribution in [1.29, 1.82) is 0 Å². The van der Waals surface area contributed by atoms with E-state index in [4.69, 9.17) is 27.9 Å². The average Bonchev–Trinajstić information content (AvgIpc) is 3.64. The summed E-state index contributed by atoms with van der Waals surface area (Å²) in [7, 11) is 1.44. The van der Waals surface area contributed by atoms with Gasteiger partial charge in [0.2, 0.25) is 11.8 Å². The fourth-order valence-electron chi connectivity index (χ4n) is 8.68. The number of carbonyl (C=O) groups is 4. The predicted molar refractivity (Wildman–Crippen MR) is 193 cm³/mol. The van der Waals surface area contributed by atoms with Gasteiger partial charge in [-0.2, -0.15) is 0 Å². The minimum Gasteiger partial charge on any atom is -0.495 e. The average molecular weight is 699 g/mol. The molecule has 1 heterocycles. The second-order valence-corrected chi connectivity index (χ2v) is 13.7. The number of ketones is 2. The van der Waals surface area contributed by atoms with E-state index in [1.54, 1.807) is 60.7 Å². The molecular formula is C42H29Cl2NO5. The highest BCUT2D eigenvalue weighted by Crippen LogP contribution is 2.74. The Labute approximate surface area is 298 Å². The first-order chi connectivity index (χ1) is 24.2. The normalized spacial score (nSPS) is 23.8. The zero-order chi connectivity index (χ0) is 34.9. The molecule has 2 aliphatic carbocycles. The molecule has 2 amide bonds. The van der Waals surface area contributed by atoms with E-state index in [1.807, 2.05) is 60.7 Å². The van der Waals surface area contributed by atoms with Gasteiger partial charge >= 0.3 is 0 Å². The predicted octanol–water partition coefficient (Wildman–Crippen LogP) is 8.39. The Balaban J connectivity index is 1.54. The molecule has 0 unspecified atom stereocenters. The molecule has 3 aliphatic rings. The molecule has 2 bridgehead atoms. The van der Waals surface area contributed by atoms with Crippen LogP contribution in [0.3, 0.4) is 0 Å². The van der Waals surface area contributed by atoms with Gasteiger partial charge in [-0.05, 0) is 82.8 Å². The summed E-state index contributed by atoms with van der Waals surface area (Å²) < 4.78 is 5.66. The van der Waals surface area contributed by atoms with Crippen molar-refractivity contribution in [2.24, 2.45) is 11.8 Å². The van der Waals surface area contributed by atoms with Gasteiger partial charge < -0.3 is 4.74 Å². The summed E-state index contributed by atoms with van der Waals surface area (Å²) in [4.78, 5) is 60.4. The maximum absolute atomic E-state index is 16.1. The fourth-order valence-corrected chi connectivity index (χ4v) is 8.93. The number of halogens is 2. The van der Waals surface area contributed by atoms with Crippen LogP contribution >= 0.6 is 23.2 Å². The zero-order valence-corrected chi connectivity index (χ0v) is 28.5. The van der Waals surface area contributed by atoms with Crippen molar-refractivity contribution in [1.82, 2.24) is 0 Å². The van der Waals surface area contributed by atoms with Crippen LogP contribution in [0.5, 0.6) is 5.75 Å². The second-order valence-electron chi connectivity index (χ2n) is 12.9. The third-order valence-electron chi connectivity index (χ3n) is 10.5. The zero-order valence-electron chi connectivity index (χ0n) is 27.0. The largest absolute Gasteiger partial charge is 0.495 e. The molecule has 1 saturated heterocycles. The Bertz CT molecular complexity index is 2140. The van der Waals surface area contributed by atoms with Crippen molar-refractivity contribution in [2.75, 3.05) is 12.0 Å². The van der Waals surface area contributed by atoms with Crippen LogP contribution in [0.1, 0.15) is 39.5 Å². The monoisotopic (exact) mass is 697 g/mol. The third kappa shape index (κ3) is 4.15. The number of amides is 2. The first-order valence-corrected chi connectivity index (χ1v) is 16.9. The molecule has 4 atom stereocenters. The molecule has 5 aromatic rings. The number of allylic oxidation sites excluding steroid dienone is 2. The van der Waals surface area contributed by atoms with E-state index in [2.05, 4.69) is 0 Å². The number of carbonyl (C=O) groups excluding carboxylic acids is 4. The van der Waals surface area contributed by atoms with E-state index in [-0.39, 0.29) is 23.0 Å². The molecule has 5 aromatic carbocycles.